The number of hydrogen-bond acceptors (Lipinski definition) is 1. The summed E-state index contributed by atoms with van der Waals surface area (Å²) in [6.07, 6.45) is 4.58. The lowest BCUT2D eigenvalue weighted by Crippen LogP contribution is -1.93. The Morgan fingerprint density at radius 2 is 1.50 bits per heavy atom. The molecule has 0 heterocycles. The Kier molecular flexibility index (Phi) is 6.61. The van der Waals surface area contributed by atoms with Crippen molar-refractivity contribution in [2.24, 2.45) is 0 Å². The summed E-state index contributed by atoms with van der Waals surface area (Å²) in [6, 6.07) is 8.03. The van der Waals surface area contributed by atoms with Gasteiger partial charge in [-0.1, -0.05) is 51.0 Å². The van der Waals surface area contributed by atoms with Crippen molar-refractivity contribution in [1.82, 2.24) is 0 Å². The monoisotopic (exact) mass is 356 g/mol. The minimum Gasteiger partial charge on any atom is -0.295 e. The van der Waals surface area contributed by atoms with E-state index in [0.29, 0.717) is 0 Å². The molecule has 0 aliphatic rings. The predicted octanol–water partition coefficient (Wildman–Crippen LogP) is 5.64. The second-order valence-electron chi connectivity index (χ2n) is 4.52. The number of ketones is 1. The van der Waals surface area contributed by atoms with Gasteiger partial charge in [-0.05, 0) is 57.1 Å². The van der Waals surface area contributed by atoms with Crippen molar-refractivity contribution in [3.8, 4) is 0 Å². The first-order valence-corrected chi connectivity index (χ1v) is 7.66. The highest BCUT2D eigenvalue weighted by Crippen LogP contribution is 2.30. The third-order valence-corrected chi connectivity index (χ3v) is 4.13. The molecule has 0 fully saturated rings. The molecule has 1 rings (SSSR count). The van der Waals surface area contributed by atoms with Crippen LogP contribution in [0, 0.1) is 0 Å². The Bertz CT molecular complexity index is 429. The lowest BCUT2D eigenvalue weighted by atomic mass is 9.98. The van der Waals surface area contributed by atoms with Gasteiger partial charge in [0.15, 0.2) is 5.78 Å². The maximum atomic E-state index is 11.3. The number of halogens is 1. The van der Waals surface area contributed by atoms with E-state index in [9.17, 15) is 4.79 Å². The van der Waals surface area contributed by atoms with Crippen molar-refractivity contribution in [3.05, 3.63) is 39.0 Å². The van der Waals surface area contributed by atoms with Gasteiger partial charge >= 0.3 is 0 Å². The normalized spacial score (nSPS) is 12.2. The molecule has 0 spiro atoms. The number of carbonyl (C=O) groups excluding carboxylic acids is 1. The van der Waals surface area contributed by atoms with Gasteiger partial charge in [-0.2, -0.15) is 0 Å². The van der Waals surface area contributed by atoms with Gasteiger partial charge in [0.25, 0.3) is 0 Å². The third-order valence-electron chi connectivity index (χ3n) is 2.94. The molecule has 1 aromatic carbocycles. The van der Waals surface area contributed by atoms with Crippen molar-refractivity contribution in [1.29, 1.82) is 0 Å². The molecular formula is C16H21IO. The predicted molar refractivity (Wildman–Crippen MR) is 87.2 cm³/mol. The van der Waals surface area contributed by atoms with Gasteiger partial charge < -0.3 is 0 Å². The van der Waals surface area contributed by atoms with Crippen LogP contribution in [0.4, 0.5) is 0 Å². The molecule has 0 bridgehead atoms. The Morgan fingerprint density at radius 3 is 1.94 bits per heavy atom. The minimum absolute atomic E-state index is 0.130. The van der Waals surface area contributed by atoms with Crippen LogP contribution in [-0.2, 0) is 0 Å². The molecule has 0 saturated carbocycles. The molecule has 0 unspecified atom stereocenters. The molecule has 0 aromatic heterocycles. The van der Waals surface area contributed by atoms with Gasteiger partial charge in [-0.3, -0.25) is 4.79 Å². The first-order valence-electron chi connectivity index (χ1n) is 6.59. The summed E-state index contributed by atoms with van der Waals surface area (Å²) in [5.74, 6) is 0.130. The number of Topliss-reactive ketones (excluding diaryl/α,β-unsaturated/α-hetero) is 1. The fourth-order valence-corrected chi connectivity index (χ4v) is 3.08. The van der Waals surface area contributed by atoms with Crippen LogP contribution in [0.3, 0.4) is 0 Å². The van der Waals surface area contributed by atoms with Gasteiger partial charge in [0.2, 0.25) is 0 Å². The Morgan fingerprint density at radius 1 is 1.00 bits per heavy atom. The maximum absolute atomic E-state index is 11.3. The highest BCUT2D eigenvalue weighted by Gasteiger charge is 2.07. The zero-order valence-electron chi connectivity index (χ0n) is 11.4. The lowest BCUT2D eigenvalue weighted by molar-refractivity contribution is 0.101. The van der Waals surface area contributed by atoms with E-state index in [0.717, 1.165) is 24.8 Å². The summed E-state index contributed by atoms with van der Waals surface area (Å²) in [5.41, 5.74) is 3.50. The van der Waals surface area contributed by atoms with Crippen LogP contribution >= 0.6 is 22.6 Å². The summed E-state index contributed by atoms with van der Waals surface area (Å²) >= 11 is 2.47. The third kappa shape index (κ3) is 4.23. The van der Waals surface area contributed by atoms with E-state index < -0.39 is 0 Å². The van der Waals surface area contributed by atoms with E-state index in [1.54, 1.807) is 6.92 Å². The minimum atomic E-state index is 0.130. The highest BCUT2D eigenvalue weighted by atomic mass is 127. The van der Waals surface area contributed by atoms with Crippen LogP contribution in [0.15, 0.2) is 27.8 Å². The van der Waals surface area contributed by atoms with Crippen molar-refractivity contribution >= 4 is 33.9 Å². The summed E-state index contributed by atoms with van der Waals surface area (Å²) in [5, 5.41) is 0. The summed E-state index contributed by atoms with van der Waals surface area (Å²) in [7, 11) is 0. The quantitative estimate of drug-likeness (QED) is 0.477. The van der Waals surface area contributed by atoms with Gasteiger partial charge in [0.1, 0.15) is 0 Å². The Hall–Kier alpha value is -0.640. The number of hydrogen-bond donors (Lipinski definition) is 0. The van der Waals surface area contributed by atoms with E-state index >= 15 is 0 Å². The lowest BCUT2D eigenvalue weighted by Gasteiger charge is -2.11. The number of benzene rings is 1. The topological polar surface area (TPSA) is 17.1 Å². The van der Waals surface area contributed by atoms with Crippen molar-refractivity contribution < 1.29 is 4.79 Å². The number of rotatable bonds is 6. The largest absolute Gasteiger partial charge is 0.295 e. The molecule has 0 N–H and O–H groups in total. The van der Waals surface area contributed by atoms with Gasteiger partial charge in [0.05, 0.1) is 0 Å². The molecule has 0 aliphatic carbocycles. The van der Waals surface area contributed by atoms with Crippen LogP contribution in [-0.4, -0.2) is 5.78 Å². The molecule has 0 saturated heterocycles. The molecule has 2 heteroatoms. The summed E-state index contributed by atoms with van der Waals surface area (Å²) < 4.78 is 1.45. The van der Waals surface area contributed by atoms with Crippen LogP contribution in [0.5, 0.6) is 0 Å². The molecular weight excluding hydrogens is 335 g/mol. The standard InChI is InChI=1S/C16H21IO/c1-4-6-15(16(17)7-5-2)14-10-8-13(9-11-14)12(3)18/h8-11H,4-7H2,1-3H3/b16-15-. The van der Waals surface area contributed by atoms with E-state index in [-0.39, 0.29) is 5.78 Å². The Labute approximate surface area is 124 Å². The van der Waals surface area contributed by atoms with E-state index in [1.165, 1.54) is 21.1 Å². The Balaban J connectivity index is 3.06. The van der Waals surface area contributed by atoms with Crippen molar-refractivity contribution in [2.75, 3.05) is 0 Å². The zero-order valence-corrected chi connectivity index (χ0v) is 13.6. The average molecular weight is 356 g/mol. The fourth-order valence-electron chi connectivity index (χ4n) is 1.96. The summed E-state index contributed by atoms with van der Waals surface area (Å²) in [6.45, 7) is 6.03. The smallest absolute Gasteiger partial charge is 0.159 e. The molecule has 18 heavy (non-hydrogen) atoms. The number of carbonyl (C=O) groups is 1. The molecule has 0 radical (unpaired) electrons. The zero-order chi connectivity index (χ0) is 13.5. The van der Waals surface area contributed by atoms with Crippen molar-refractivity contribution in [3.63, 3.8) is 0 Å². The molecule has 0 amide bonds. The first kappa shape index (κ1) is 15.4. The van der Waals surface area contributed by atoms with Gasteiger partial charge in [-0.15, -0.1) is 0 Å². The van der Waals surface area contributed by atoms with E-state index in [4.69, 9.17) is 0 Å². The van der Waals surface area contributed by atoms with Crippen LogP contribution in [0.2, 0.25) is 0 Å². The van der Waals surface area contributed by atoms with Crippen LogP contribution in [0.25, 0.3) is 5.57 Å². The summed E-state index contributed by atoms with van der Waals surface area (Å²) in [4.78, 5) is 11.3. The first-order chi connectivity index (χ1) is 8.60. The second-order valence-corrected chi connectivity index (χ2v) is 5.82. The highest BCUT2D eigenvalue weighted by molar-refractivity contribution is 14.1. The molecule has 1 nitrogen and oxygen atoms in total. The van der Waals surface area contributed by atoms with Gasteiger partial charge in [-0.25, -0.2) is 0 Å². The average Bonchev–Trinajstić information content (AvgIpc) is 2.36. The molecule has 0 atom stereocenters. The molecule has 98 valence electrons. The van der Waals surface area contributed by atoms with Gasteiger partial charge in [0, 0.05) is 5.56 Å². The second kappa shape index (κ2) is 7.72. The van der Waals surface area contributed by atoms with E-state index in [2.05, 4.69) is 48.6 Å². The van der Waals surface area contributed by atoms with Crippen LogP contribution in [0.1, 0.15) is 62.4 Å². The maximum Gasteiger partial charge on any atom is 0.159 e. The van der Waals surface area contributed by atoms with E-state index in [1.807, 2.05) is 12.1 Å². The molecule has 0 aliphatic heterocycles. The molecule has 1 aromatic rings. The van der Waals surface area contributed by atoms with Crippen molar-refractivity contribution in [2.45, 2.75) is 46.5 Å². The van der Waals surface area contributed by atoms with Crippen LogP contribution < -0.4 is 0 Å². The number of allylic oxidation sites excluding steroid dienone is 2. The SMILES string of the molecule is CCC/C(I)=C(\CCC)c1ccc(C(C)=O)cc1. The fraction of sp³-hybridized carbons (Fsp3) is 0.438.